The standard InChI is InChI=1S/C15H20BrNO2/c1-11(17-8-6-12(10-17)7-9-18)15(19)13-2-4-14(16)5-3-13/h2-5,11-12,18H,6-10H2,1H3. The van der Waals surface area contributed by atoms with Crippen LogP contribution in [0.4, 0.5) is 0 Å². The van der Waals surface area contributed by atoms with Gasteiger partial charge in [-0.25, -0.2) is 0 Å². The molecule has 2 atom stereocenters. The lowest BCUT2D eigenvalue weighted by Crippen LogP contribution is -2.37. The second-order valence-electron chi connectivity index (χ2n) is 5.21. The number of hydrogen-bond acceptors (Lipinski definition) is 3. The van der Waals surface area contributed by atoms with E-state index >= 15 is 0 Å². The Morgan fingerprint density at radius 3 is 2.79 bits per heavy atom. The Hall–Kier alpha value is -0.710. The van der Waals surface area contributed by atoms with Crippen LogP contribution in [0.3, 0.4) is 0 Å². The molecule has 1 fully saturated rings. The summed E-state index contributed by atoms with van der Waals surface area (Å²) >= 11 is 3.38. The third kappa shape index (κ3) is 3.65. The predicted octanol–water partition coefficient (Wildman–Crippen LogP) is 2.72. The number of Topliss-reactive ketones (excluding diaryl/α,β-unsaturated/α-hetero) is 1. The van der Waals surface area contributed by atoms with Crippen molar-refractivity contribution in [3.8, 4) is 0 Å². The highest BCUT2D eigenvalue weighted by molar-refractivity contribution is 9.10. The Kier molecular flexibility index (Phi) is 5.13. The summed E-state index contributed by atoms with van der Waals surface area (Å²) < 4.78 is 0.987. The first kappa shape index (κ1) is 14.7. The third-order valence-electron chi connectivity index (χ3n) is 3.91. The molecule has 0 aromatic heterocycles. The van der Waals surface area contributed by atoms with Crippen molar-refractivity contribution in [3.63, 3.8) is 0 Å². The number of rotatable bonds is 5. The fraction of sp³-hybridized carbons (Fsp3) is 0.533. The van der Waals surface area contributed by atoms with E-state index in [-0.39, 0.29) is 18.4 Å². The first-order valence-electron chi connectivity index (χ1n) is 6.76. The molecule has 1 N–H and O–H groups in total. The summed E-state index contributed by atoms with van der Waals surface area (Å²) in [5.41, 5.74) is 0.765. The smallest absolute Gasteiger partial charge is 0.179 e. The van der Waals surface area contributed by atoms with Crippen LogP contribution in [0.15, 0.2) is 28.7 Å². The second-order valence-corrected chi connectivity index (χ2v) is 6.12. The van der Waals surface area contributed by atoms with Crippen molar-refractivity contribution in [3.05, 3.63) is 34.3 Å². The van der Waals surface area contributed by atoms with Crippen LogP contribution in [0.1, 0.15) is 30.1 Å². The van der Waals surface area contributed by atoms with Gasteiger partial charge in [0.05, 0.1) is 6.04 Å². The molecule has 0 radical (unpaired) electrons. The van der Waals surface area contributed by atoms with E-state index in [1.54, 1.807) is 0 Å². The van der Waals surface area contributed by atoms with Gasteiger partial charge in [-0.2, -0.15) is 0 Å². The SMILES string of the molecule is CC(C(=O)c1ccc(Br)cc1)N1CCC(CCO)C1. The number of aliphatic hydroxyl groups is 1. The maximum atomic E-state index is 12.4. The van der Waals surface area contributed by atoms with Gasteiger partial charge >= 0.3 is 0 Å². The fourth-order valence-electron chi connectivity index (χ4n) is 2.65. The van der Waals surface area contributed by atoms with Crippen LogP contribution in [0.25, 0.3) is 0 Å². The van der Waals surface area contributed by atoms with E-state index in [4.69, 9.17) is 5.11 Å². The largest absolute Gasteiger partial charge is 0.396 e. The van der Waals surface area contributed by atoms with Crippen LogP contribution in [-0.2, 0) is 0 Å². The zero-order valence-electron chi connectivity index (χ0n) is 11.2. The second kappa shape index (κ2) is 6.64. The number of halogens is 1. The van der Waals surface area contributed by atoms with Gasteiger partial charge in [-0.15, -0.1) is 0 Å². The number of carbonyl (C=O) groups is 1. The molecule has 19 heavy (non-hydrogen) atoms. The summed E-state index contributed by atoms with van der Waals surface area (Å²) in [6, 6.07) is 7.45. The molecule has 1 saturated heterocycles. The van der Waals surface area contributed by atoms with Gasteiger partial charge in [0.25, 0.3) is 0 Å². The Labute approximate surface area is 122 Å². The summed E-state index contributed by atoms with van der Waals surface area (Å²) in [6.45, 7) is 4.09. The quantitative estimate of drug-likeness (QED) is 0.846. The van der Waals surface area contributed by atoms with Crippen LogP contribution in [-0.4, -0.2) is 41.5 Å². The van der Waals surface area contributed by atoms with E-state index in [0.717, 1.165) is 36.0 Å². The molecule has 1 heterocycles. The van der Waals surface area contributed by atoms with Crippen molar-refractivity contribution in [2.24, 2.45) is 5.92 Å². The topological polar surface area (TPSA) is 40.5 Å². The molecule has 0 spiro atoms. The first-order valence-corrected chi connectivity index (χ1v) is 7.56. The van der Waals surface area contributed by atoms with E-state index in [9.17, 15) is 4.79 Å². The summed E-state index contributed by atoms with van der Waals surface area (Å²) in [6.07, 6.45) is 1.92. The van der Waals surface area contributed by atoms with E-state index in [0.29, 0.717) is 5.92 Å². The number of aliphatic hydroxyl groups excluding tert-OH is 1. The lowest BCUT2D eigenvalue weighted by molar-refractivity contribution is 0.0861. The number of hydrogen-bond donors (Lipinski definition) is 1. The molecule has 1 aromatic rings. The summed E-state index contributed by atoms with van der Waals surface area (Å²) in [4.78, 5) is 14.6. The molecule has 104 valence electrons. The van der Waals surface area contributed by atoms with Gasteiger partial charge in [-0.05, 0) is 44.4 Å². The number of carbonyl (C=O) groups excluding carboxylic acids is 1. The number of ketones is 1. The van der Waals surface area contributed by atoms with Gasteiger partial charge in [0.15, 0.2) is 5.78 Å². The molecule has 0 amide bonds. The molecule has 3 nitrogen and oxygen atoms in total. The van der Waals surface area contributed by atoms with E-state index in [1.165, 1.54) is 0 Å². The van der Waals surface area contributed by atoms with Gasteiger partial charge in [0.1, 0.15) is 0 Å². The Balaban J connectivity index is 1.98. The highest BCUT2D eigenvalue weighted by Crippen LogP contribution is 2.23. The van der Waals surface area contributed by atoms with E-state index < -0.39 is 0 Å². The maximum Gasteiger partial charge on any atom is 0.179 e. The molecule has 1 aliphatic rings. The van der Waals surface area contributed by atoms with Crippen molar-refractivity contribution in [2.45, 2.75) is 25.8 Å². The van der Waals surface area contributed by atoms with Gasteiger partial charge < -0.3 is 5.11 Å². The molecular formula is C15H20BrNO2. The summed E-state index contributed by atoms with van der Waals surface area (Å²) in [5, 5.41) is 8.97. The third-order valence-corrected chi connectivity index (χ3v) is 4.44. The van der Waals surface area contributed by atoms with Crippen molar-refractivity contribution >= 4 is 21.7 Å². The van der Waals surface area contributed by atoms with Crippen LogP contribution in [0.5, 0.6) is 0 Å². The molecule has 0 saturated carbocycles. The van der Waals surface area contributed by atoms with E-state index in [2.05, 4.69) is 20.8 Å². The lowest BCUT2D eigenvalue weighted by atomic mass is 10.0. The monoisotopic (exact) mass is 325 g/mol. The predicted molar refractivity (Wildman–Crippen MR) is 79.3 cm³/mol. The minimum atomic E-state index is -0.0788. The molecule has 1 aliphatic heterocycles. The summed E-state index contributed by atoms with van der Waals surface area (Å²) in [5.74, 6) is 0.710. The molecule has 2 unspecified atom stereocenters. The fourth-order valence-corrected chi connectivity index (χ4v) is 2.92. The lowest BCUT2D eigenvalue weighted by Gasteiger charge is -2.23. The highest BCUT2D eigenvalue weighted by Gasteiger charge is 2.29. The normalized spacial score (nSPS) is 21.5. The van der Waals surface area contributed by atoms with Gasteiger partial charge in [-0.1, -0.05) is 28.1 Å². The minimum absolute atomic E-state index is 0.0788. The van der Waals surface area contributed by atoms with Crippen molar-refractivity contribution in [2.75, 3.05) is 19.7 Å². The summed E-state index contributed by atoms with van der Waals surface area (Å²) in [7, 11) is 0. The van der Waals surface area contributed by atoms with Crippen molar-refractivity contribution in [1.29, 1.82) is 0 Å². The molecule has 4 heteroatoms. The molecular weight excluding hydrogens is 306 g/mol. The van der Waals surface area contributed by atoms with Crippen LogP contribution >= 0.6 is 15.9 Å². The maximum absolute atomic E-state index is 12.4. The highest BCUT2D eigenvalue weighted by atomic mass is 79.9. The number of benzene rings is 1. The van der Waals surface area contributed by atoms with Crippen LogP contribution in [0.2, 0.25) is 0 Å². The van der Waals surface area contributed by atoms with Gasteiger partial charge in [0, 0.05) is 23.2 Å². The zero-order valence-corrected chi connectivity index (χ0v) is 12.8. The Morgan fingerprint density at radius 1 is 1.47 bits per heavy atom. The number of likely N-dealkylation sites (tertiary alicyclic amines) is 1. The van der Waals surface area contributed by atoms with Crippen molar-refractivity contribution in [1.82, 2.24) is 4.90 Å². The van der Waals surface area contributed by atoms with Crippen LogP contribution in [0, 0.1) is 5.92 Å². The molecule has 0 aliphatic carbocycles. The van der Waals surface area contributed by atoms with Gasteiger partial charge in [0.2, 0.25) is 0 Å². The minimum Gasteiger partial charge on any atom is -0.396 e. The average Bonchev–Trinajstić information content (AvgIpc) is 2.87. The molecule has 2 rings (SSSR count). The average molecular weight is 326 g/mol. The number of nitrogens with zero attached hydrogens (tertiary/aromatic N) is 1. The van der Waals surface area contributed by atoms with E-state index in [1.807, 2.05) is 31.2 Å². The van der Waals surface area contributed by atoms with Gasteiger partial charge in [-0.3, -0.25) is 9.69 Å². The zero-order chi connectivity index (χ0) is 13.8. The Morgan fingerprint density at radius 2 is 2.16 bits per heavy atom. The van der Waals surface area contributed by atoms with Crippen molar-refractivity contribution < 1.29 is 9.90 Å². The Bertz CT molecular complexity index is 432. The molecule has 1 aromatic carbocycles. The first-order chi connectivity index (χ1) is 9.11. The molecule has 0 bridgehead atoms. The van der Waals surface area contributed by atoms with Crippen LogP contribution < -0.4 is 0 Å².